The van der Waals surface area contributed by atoms with Crippen LogP contribution in [0.3, 0.4) is 0 Å². The van der Waals surface area contributed by atoms with Crippen molar-refractivity contribution in [3.63, 3.8) is 0 Å². The minimum Gasteiger partial charge on any atom is -0.396 e. The fourth-order valence-electron chi connectivity index (χ4n) is 7.19. The summed E-state index contributed by atoms with van der Waals surface area (Å²) >= 11 is 0. The molecule has 0 radical (unpaired) electrons. The van der Waals surface area contributed by atoms with Gasteiger partial charge in [-0.1, -0.05) is 273 Å². The van der Waals surface area contributed by atoms with Crippen molar-refractivity contribution in [1.29, 1.82) is 0 Å². The van der Waals surface area contributed by atoms with Gasteiger partial charge in [0.15, 0.2) is 0 Å². The molecule has 0 rings (SSSR count). The zero-order valence-corrected chi connectivity index (χ0v) is 50.6. The first-order valence-electron chi connectivity index (χ1n) is 29.3. The van der Waals surface area contributed by atoms with Crippen LogP contribution in [0.1, 0.15) is 324 Å². The average Bonchev–Trinajstić information content (AvgIpc) is 3.30. The summed E-state index contributed by atoms with van der Waals surface area (Å²) < 4.78 is 0. The van der Waals surface area contributed by atoms with Gasteiger partial charge in [-0.3, -0.25) is 0 Å². The Balaban J connectivity index is -0.000000136. The SMILES string of the molecule is CCCCCCCCCCCC[P+](O)(O)O.CCCCCCCCCCCC[P+](O)(O)O.CCCCCCCCO.CCCCCCCCO.CCCCCCCCO.CCCCCCCCO.[Ti]. The third-order valence-corrected chi connectivity index (χ3v) is 13.5. The van der Waals surface area contributed by atoms with Crippen molar-refractivity contribution < 1.29 is 71.5 Å². The van der Waals surface area contributed by atoms with Gasteiger partial charge in [-0.05, 0) is 51.4 Å². The van der Waals surface area contributed by atoms with Crippen LogP contribution in [0.5, 0.6) is 0 Å². The van der Waals surface area contributed by atoms with Gasteiger partial charge >= 0.3 is 15.9 Å². The summed E-state index contributed by atoms with van der Waals surface area (Å²) in [5.41, 5.74) is 0. The molecule has 0 fully saturated rings. The predicted octanol–water partition coefficient (Wildman–Crippen LogP) is 16.6. The third-order valence-electron chi connectivity index (χ3n) is 11.7. The maximum absolute atomic E-state index is 8.76. The number of hydrogen-bond donors (Lipinski definition) is 10. The number of hydrogen-bond acceptors (Lipinski definition) is 10. The molecule has 0 atom stereocenters. The molecule has 0 aliphatic carbocycles. The standard InChI is InChI=1S/2C12H28O3P.4C8H18O.Ti/c2*1-2-3-4-5-6-7-8-9-10-11-12-16(13,14)15;4*1-2-3-4-5-6-7-8-9;/h2*13-15H,2-12H2,1H3;4*9H,2-8H2,1H3;/q2*+1;;;;;. The predicted molar refractivity (Wildman–Crippen MR) is 302 cm³/mol. The Morgan fingerprint density at radius 2 is 0.304 bits per heavy atom. The minimum atomic E-state index is -3.49. The average molecular weight is 1070 g/mol. The molecule has 10 nitrogen and oxygen atoms in total. The molecule has 0 saturated heterocycles. The van der Waals surface area contributed by atoms with Crippen LogP contribution in [0.2, 0.25) is 0 Å². The molecule has 0 spiro atoms. The van der Waals surface area contributed by atoms with E-state index in [1.165, 1.54) is 218 Å². The van der Waals surface area contributed by atoms with Gasteiger partial charge in [-0.25, -0.2) is 0 Å². The van der Waals surface area contributed by atoms with E-state index in [0.717, 1.165) is 64.2 Å². The summed E-state index contributed by atoms with van der Waals surface area (Å²) in [6, 6.07) is 0. The Bertz CT molecular complexity index is 666. The van der Waals surface area contributed by atoms with E-state index in [-0.39, 0.29) is 34.0 Å². The maximum Gasteiger partial charge on any atom is 0.403 e. The van der Waals surface area contributed by atoms with Crippen LogP contribution in [0.15, 0.2) is 0 Å². The molecule has 0 aliphatic heterocycles. The Morgan fingerprint density at radius 3 is 0.420 bits per heavy atom. The quantitative estimate of drug-likeness (QED) is 0.0159. The number of aliphatic hydroxyl groups is 4. The second-order valence-corrected chi connectivity index (χ2v) is 22.8. The molecule has 0 aromatic carbocycles. The van der Waals surface area contributed by atoms with E-state index in [4.69, 9.17) is 49.8 Å². The van der Waals surface area contributed by atoms with Crippen molar-refractivity contribution in [2.45, 2.75) is 324 Å². The molecule has 0 aliphatic rings. The molecule has 0 unspecified atom stereocenters. The van der Waals surface area contributed by atoms with Crippen molar-refractivity contribution in [2.24, 2.45) is 0 Å². The van der Waals surface area contributed by atoms with Gasteiger partial charge in [-0.2, -0.15) is 29.4 Å². The number of unbranched alkanes of at least 4 members (excludes halogenated alkanes) is 38. The van der Waals surface area contributed by atoms with E-state index < -0.39 is 15.9 Å². The molecule has 0 aromatic heterocycles. The van der Waals surface area contributed by atoms with E-state index in [2.05, 4.69) is 41.5 Å². The zero-order chi connectivity index (χ0) is 52.4. The van der Waals surface area contributed by atoms with Gasteiger partial charge in [-0.15, -0.1) is 0 Å². The maximum atomic E-state index is 8.76. The smallest absolute Gasteiger partial charge is 0.396 e. The molecule has 0 aromatic rings. The van der Waals surface area contributed by atoms with Crippen LogP contribution >= 0.6 is 15.9 Å². The van der Waals surface area contributed by atoms with Gasteiger partial charge in [0, 0.05) is 48.1 Å². The van der Waals surface area contributed by atoms with Crippen LogP contribution in [0.25, 0.3) is 0 Å². The molecule has 10 N–H and O–H groups in total. The van der Waals surface area contributed by atoms with Gasteiger partial charge in [0.1, 0.15) is 12.3 Å². The Kier molecular flexibility index (Phi) is 98.2. The largest absolute Gasteiger partial charge is 0.403 e. The molecule has 13 heteroatoms. The van der Waals surface area contributed by atoms with Gasteiger partial charge < -0.3 is 20.4 Å². The molecular formula is C56H128O10P2Ti+2. The van der Waals surface area contributed by atoms with Crippen LogP contribution in [0.4, 0.5) is 0 Å². The number of aliphatic hydroxyl groups excluding tert-OH is 4. The van der Waals surface area contributed by atoms with Crippen molar-refractivity contribution in [3.8, 4) is 0 Å². The second-order valence-electron chi connectivity index (χ2n) is 19.2. The Labute approximate surface area is 447 Å². The van der Waals surface area contributed by atoms with E-state index in [1.807, 2.05) is 0 Å². The molecule has 0 saturated carbocycles. The minimum absolute atomic E-state index is 0. The summed E-state index contributed by atoms with van der Waals surface area (Å²) in [6.07, 6.45) is 54.5. The first-order chi connectivity index (χ1) is 32.8. The topological polar surface area (TPSA) is 202 Å². The Hall–Kier alpha value is 1.17. The number of rotatable bonds is 46. The summed E-state index contributed by atoms with van der Waals surface area (Å²) in [7, 11) is -6.98. The summed E-state index contributed by atoms with van der Waals surface area (Å²) in [6.45, 7) is 14.8. The van der Waals surface area contributed by atoms with Crippen LogP contribution in [-0.2, 0) is 21.7 Å². The van der Waals surface area contributed by atoms with Crippen molar-refractivity contribution >= 4 is 15.9 Å². The molecule has 0 heterocycles. The molecule has 0 amide bonds. The van der Waals surface area contributed by atoms with E-state index in [1.54, 1.807) is 0 Å². The fourth-order valence-corrected chi connectivity index (χ4v) is 8.49. The van der Waals surface area contributed by atoms with Gasteiger partial charge in [0.05, 0.1) is 0 Å². The van der Waals surface area contributed by atoms with E-state index >= 15 is 0 Å². The summed E-state index contributed by atoms with van der Waals surface area (Å²) in [4.78, 5) is 52.6. The monoisotopic (exact) mass is 1070 g/mol. The van der Waals surface area contributed by atoms with Crippen LogP contribution in [-0.4, -0.2) is 88.5 Å². The molecule has 424 valence electrons. The molecule has 0 bridgehead atoms. The first kappa shape index (κ1) is 84.1. The molecular weight excluding hydrogens is 942 g/mol. The van der Waals surface area contributed by atoms with E-state index in [9.17, 15) is 0 Å². The van der Waals surface area contributed by atoms with Crippen molar-refractivity contribution in [1.82, 2.24) is 0 Å². The fraction of sp³-hybridized carbons (Fsp3) is 1.00. The van der Waals surface area contributed by atoms with Crippen LogP contribution in [0, 0.1) is 0 Å². The van der Waals surface area contributed by atoms with Gasteiger partial charge in [0.2, 0.25) is 0 Å². The van der Waals surface area contributed by atoms with E-state index in [0.29, 0.717) is 26.4 Å². The second kappa shape index (κ2) is 80.6. The molecule has 69 heavy (non-hydrogen) atoms. The third kappa shape index (κ3) is 119. The van der Waals surface area contributed by atoms with Crippen LogP contribution < -0.4 is 0 Å². The normalized spacial score (nSPS) is 10.8. The zero-order valence-electron chi connectivity index (χ0n) is 47.2. The summed E-state index contributed by atoms with van der Waals surface area (Å²) in [5, 5.41) is 33.7. The van der Waals surface area contributed by atoms with Gasteiger partial charge in [0.25, 0.3) is 0 Å². The van der Waals surface area contributed by atoms with Crippen molar-refractivity contribution in [2.75, 3.05) is 38.8 Å². The summed E-state index contributed by atoms with van der Waals surface area (Å²) in [5.74, 6) is 0. The Morgan fingerprint density at radius 1 is 0.188 bits per heavy atom. The van der Waals surface area contributed by atoms with Crippen molar-refractivity contribution in [3.05, 3.63) is 0 Å². The first-order valence-corrected chi connectivity index (χ1v) is 33.0.